The van der Waals surface area contributed by atoms with Crippen LogP contribution in [0.25, 0.3) is 10.4 Å². The highest BCUT2D eigenvalue weighted by molar-refractivity contribution is 6.01. The van der Waals surface area contributed by atoms with Gasteiger partial charge in [0.25, 0.3) is 5.91 Å². The van der Waals surface area contributed by atoms with Gasteiger partial charge < -0.3 is 19.3 Å². The second-order valence-electron chi connectivity index (χ2n) is 10.9. The van der Waals surface area contributed by atoms with Crippen molar-refractivity contribution in [2.45, 2.75) is 70.0 Å². The smallest absolute Gasteiger partial charge is 0.402 e. The van der Waals surface area contributed by atoms with E-state index in [4.69, 9.17) is 24.8 Å². The Kier molecular flexibility index (Phi) is 11.6. The van der Waals surface area contributed by atoms with E-state index in [0.717, 1.165) is 0 Å². The second-order valence-corrected chi connectivity index (χ2v) is 10.9. The highest BCUT2D eigenvalue weighted by Gasteiger charge is 2.54. The number of hydrazine groups is 1. The van der Waals surface area contributed by atoms with Crippen molar-refractivity contribution in [2.24, 2.45) is 10.1 Å². The number of aliphatic hydroxyl groups excluding tert-OH is 1. The normalized spacial score (nSPS) is 18.1. The fourth-order valence-corrected chi connectivity index (χ4v) is 4.41. The van der Waals surface area contributed by atoms with E-state index in [-0.39, 0.29) is 38.5 Å². The number of rotatable bonds is 14. The van der Waals surface area contributed by atoms with E-state index in [9.17, 15) is 22.8 Å². The summed E-state index contributed by atoms with van der Waals surface area (Å²) in [6.07, 6.45) is -6.05. The highest BCUT2D eigenvalue weighted by Crippen LogP contribution is 2.44. The molecular formula is C29H35F3N6O6. The molecule has 44 heavy (non-hydrogen) atoms. The van der Waals surface area contributed by atoms with Gasteiger partial charge >= 0.3 is 12.1 Å². The van der Waals surface area contributed by atoms with Crippen molar-refractivity contribution < 1.29 is 42.1 Å². The zero-order valence-corrected chi connectivity index (χ0v) is 24.6. The summed E-state index contributed by atoms with van der Waals surface area (Å²) < 4.78 is 56.1. The number of aliphatic hydroxyl groups is 1. The third kappa shape index (κ3) is 9.59. The summed E-state index contributed by atoms with van der Waals surface area (Å²) in [7, 11) is 0. The summed E-state index contributed by atoms with van der Waals surface area (Å²) in [4.78, 5) is 34.0. The Balaban J connectivity index is 2.09. The molecule has 2 atom stereocenters. The number of nitrogens with zero attached hydrogens (tertiary/aromatic N) is 4. The first-order valence-electron chi connectivity index (χ1n) is 13.8. The Labute approximate surface area is 252 Å². The predicted octanol–water partition coefficient (Wildman–Crippen LogP) is 4.82. The number of aliphatic imine (C=N–C) groups is 1. The van der Waals surface area contributed by atoms with E-state index in [1.54, 1.807) is 69.3 Å². The standard InChI is InChI=1S/C29H35F3N6O6/c1-27(2,3)44-23(40)13-14-28(26(41)37-35-18-29(30,31)32)24(22-8-5-4-7-20(22)17-34-38-33)43-25(36-28)19-9-11-21(12-10-19)42-16-6-15-39/h4-5,7-12,24,35,39H,6,13-18H2,1-3H3,(H,37,41)/t24-,28-/m0/s1. The van der Waals surface area contributed by atoms with Crippen molar-refractivity contribution in [1.29, 1.82) is 0 Å². The van der Waals surface area contributed by atoms with E-state index in [1.165, 1.54) is 0 Å². The summed E-state index contributed by atoms with van der Waals surface area (Å²) in [5.41, 5.74) is 11.4. The number of hydrogen-bond acceptors (Lipinski definition) is 9. The molecule has 1 amide bonds. The van der Waals surface area contributed by atoms with Gasteiger partial charge in [-0.3, -0.25) is 15.0 Å². The maximum absolute atomic E-state index is 13.8. The van der Waals surface area contributed by atoms with Crippen LogP contribution < -0.4 is 15.6 Å². The number of benzene rings is 2. The van der Waals surface area contributed by atoms with Gasteiger partial charge in [-0.15, -0.1) is 0 Å². The van der Waals surface area contributed by atoms with Crippen LogP contribution in [0.15, 0.2) is 58.6 Å². The topological polar surface area (TPSA) is 167 Å². The number of nitrogens with one attached hydrogen (secondary N) is 2. The van der Waals surface area contributed by atoms with E-state index in [1.807, 2.05) is 5.43 Å². The molecule has 0 unspecified atom stereocenters. The summed E-state index contributed by atoms with van der Waals surface area (Å²) >= 11 is 0. The molecule has 3 rings (SSSR count). The number of alkyl halides is 3. The van der Waals surface area contributed by atoms with Gasteiger partial charge in [0.15, 0.2) is 11.6 Å². The van der Waals surface area contributed by atoms with E-state index < -0.39 is 41.8 Å². The average molecular weight is 621 g/mol. The van der Waals surface area contributed by atoms with E-state index in [2.05, 4.69) is 20.4 Å². The minimum absolute atomic E-state index is 0.00865. The van der Waals surface area contributed by atoms with Gasteiger partial charge in [-0.05, 0) is 68.1 Å². The van der Waals surface area contributed by atoms with Crippen molar-refractivity contribution in [2.75, 3.05) is 19.8 Å². The number of hydrogen-bond donors (Lipinski definition) is 3. The monoisotopic (exact) mass is 620 g/mol. The van der Waals surface area contributed by atoms with Gasteiger partial charge in [0.05, 0.1) is 13.2 Å². The molecule has 0 aliphatic carbocycles. The van der Waals surface area contributed by atoms with Crippen LogP contribution in [0.1, 0.15) is 62.8 Å². The van der Waals surface area contributed by atoms with Crippen LogP contribution in [0.5, 0.6) is 5.75 Å². The maximum atomic E-state index is 13.8. The molecule has 0 fully saturated rings. The minimum atomic E-state index is -4.63. The molecule has 1 heterocycles. The van der Waals surface area contributed by atoms with Crippen LogP contribution in [0.4, 0.5) is 13.2 Å². The Hall–Kier alpha value is -4.33. The number of halogens is 3. The first-order chi connectivity index (χ1) is 20.8. The Morgan fingerprint density at radius 1 is 1.16 bits per heavy atom. The van der Waals surface area contributed by atoms with Crippen molar-refractivity contribution in [3.05, 3.63) is 75.7 Å². The fourth-order valence-electron chi connectivity index (χ4n) is 4.41. The molecule has 1 aliphatic rings. The van der Waals surface area contributed by atoms with Crippen molar-refractivity contribution in [3.63, 3.8) is 0 Å². The predicted molar refractivity (Wildman–Crippen MR) is 153 cm³/mol. The van der Waals surface area contributed by atoms with E-state index >= 15 is 0 Å². The Morgan fingerprint density at radius 3 is 2.50 bits per heavy atom. The third-order valence-corrected chi connectivity index (χ3v) is 6.29. The number of carbonyl (C=O) groups excluding carboxylic acids is 2. The lowest BCUT2D eigenvalue weighted by molar-refractivity contribution is -0.155. The van der Waals surface area contributed by atoms with Crippen LogP contribution in [-0.4, -0.2) is 60.0 Å². The lowest BCUT2D eigenvalue weighted by Gasteiger charge is -2.32. The average Bonchev–Trinajstić information content (AvgIpc) is 3.35. The zero-order chi connectivity index (χ0) is 32.4. The summed E-state index contributed by atoms with van der Waals surface area (Å²) in [6.45, 7) is 3.65. The Bertz CT molecular complexity index is 1370. The molecule has 0 bridgehead atoms. The van der Waals surface area contributed by atoms with Crippen molar-refractivity contribution in [3.8, 4) is 5.75 Å². The number of azide groups is 1. The molecule has 15 heteroatoms. The van der Waals surface area contributed by atoms with Gasteiger partial charge in [0.1, 0.15) is 17.9 Å². The zero-order valence-electron chi connectivity index (χ0n) is 24.6. The molecule has 0 radical (unpaired) electrons. The van der Waals surface area contributed by atoms with Gasteiger partial charge in [0.2, 0.25) is 5.90 Å². The molecule has 2 aromatic rings. The van der Waals surface area contributed by atoms with Crippen LogP contribution in [0.2, 0.25) is 0 Å². The van der Waals surface area contributed by atoms with Crippen LogP contribution in [-0.2, 0) is 25.6 Å². The molecule has 12 nitrogen and oxygen atoms in total. The molecule has 3 N–H and O–H groups in total. The first-order valence-corrected chi connectivity index (χ1v) is 13.8. The second kappa shape index (κ2) is 14.9. The maximum Gasteiger partial charge on any atom is 0.402 e. The van der Waals surface area contributed by atoms with Crippen molar-refractivity contribution in [1.82, 2.24) is 10.9 Å². The molecule has 0 aromatic heterocycles. The number of amides is 1. The number of esters is 1. The quantitative estimate of drug-likeness (QED) is 0.0680. The number of ether oxygens (including phenoxy) is 3. The van der Waals surface area contributed by atoms with Crippen LogP contribution in [0, 0.1) is 0 Å². The SMILES string of the molecule is CC(C)(C)OC(=O)CC[C@]1(C(=O)NNCC(F)(F)F)N=C(c2ccc(OCCCO)cc2)O[C@H]1c1ccccc1CN=[N+]=[N-]. The molecule has 0 spiro atoms. The van der Waals surface area contributed by atoms with Crippen molar-refractivity contribution >= 4 is 17.8 Å². The minimum Gasteiger partial charge on any atom is -0.494 e. The van der Waals surface area contributed by atoms with Gasteiger partial charge in [0, 0.05) is 29.9 Å². The number of carbonyl (C=O) groups is 2. The molecule has 2 aromatic carbocycles. The molecule has 0 saturated heterocycles. The van der Waals surface area contributed by atoms with Gasteiger partial charge in [-0.1, -0.05) is 29.4 Å². The highest BCUT2D eigenvalue weighted by atomic mass is 19.4. The molecular weight excluding hydrogens is 585 g/mol. The molecule has 0 saturated carbocycles. The van der Waals surface area contributed by atoms with Crippen LogP contribution in [0.3, 0.4) is 0 Å². The van der Waals surface area contributed by atoms with Gasteiger partial charge in [-0.2, -0.15) is 13.2 Å². The van der Waals surface area contributed by atoms with Gasteiger partial charge in [-0.25, -0.2) is 10.4 Å². The third-order valence-electron chi connectivity index (χ3n) is 6.29. The summed E-state index contributed by atoms with van der Waals surface area (Å²) in [5, 5.41) is 12.6. The van der Waals surface area contributed by atoms with E-state index in [0.29, 0.717) is 28.9 Å². The molecule has 238 valence electrons. The lowest BCUT2D eigenvalue weighted by atomic mass is 9.82. The summed E-state index contributed by atoms with van der Waals surface area (Å²) in [5.74, 6) is -1.14. The van der Waals surface area contributed by atoms with Crippen LogP contribution >= 0.6 is 0 Å². The molecule has 1 aliphatic heterocycles. The fraction of sp³-hybridized carbons (Fsp3) is 0.483. The lowest BCUT2D eigenvalue weighted by Crippen LogP contribution is -2.54. The summed E-state index contributed by atoms with van der Waals surface area (Å²) in [6, 6.07) is 13.1. The Morgan fingerprint density at radius 2 is 1.86 bits per heavy atom. The largest absolute Gasteiger partial charge is 0.494 e. The first kappa shape index (κ1) is 34.2.